The van der Waals surface area contributed by atoms with Crippen LogP contribution >= 0.6 is 0 Å². The second-order valence-corrected chi connectivity index (χ2v) is 5.20. The predicted molar refractivity (Wildman–Crippen MR) is 84.1 cm³/mol. The molecule has 1 aromatic carbocycles. The van der Waals surface area contributed by atoms with E-state index in [0.717, 1.165) is 37.4 Å². The first kappa shape index (κ1) is 14.6. The van der Waals surface area contributed by atoms with Gasteiger partial charge in [0.2, 0.25) is 0 Å². The van der Waals surface area contributed by atoms with E-state index in [0.29, 0.717) is 0 Å². The molecule has 0 aliphatic carbocycles. The molecule has 0 amide bonds. The Morgan fingerprint density at radius 2 is 1.95 bits per heavy atom. The Balaban J connectivity index is 1.67. The molecule has 0 spiro atoms. The van der Waals surface area contributed by atoms with Crippen LogP contribution in [0.15, 0.2) is 30.3 Å². The van der Waals surface area contributed by atoms with Crippen molar-refractivity contribution in [1.82, 2.24) is 15.5 Å². The number of para-hydroxylation sites is 1. The van der Waals surface area contributed by atoms with Crippen molar-refractivity contribution in [1.29, 1.82) is 0 Å². The number of aromatic amines is 1. The van der Waals surface area contributed by atoms with Crippen LogP contribution < -0.4 is 10.2 Å². The molecule has 0 saturated heterocycles. The van der Waals surface area contributed by atoms with Crippen LogP contribution in [0.25, 0.3) is 0 Å². The number of nitrogens with one attached hydrogen (secondary N) is 2. The van der Waals surface area contributed by atoms with E-state index in [1.54, 1.807) is 0 Å². The third-order valence-corrected chi connectivity index (χ3v) is 3.63. The van der Waals surface area contributed by atoms with E-state index in [-0.39, 0.29) is 0 Å². The van der Waals surface area contributed by atoms with Crippen molar-refractivity contribution < 1.29 is 0 Å². The van der Waals surface area contributed by atoms with E-state index in [1.165, 1.54) is 11.3 Å². The molecule has 108 valence electrons. The summed E-state index contributed by atoms with van der Waals surface area (Å²) in [5.74, 6) is 0. The smallest absolute Gasteiger partial charge is 0.0638 e. The number of hydrogen-bond acceptors (Lipinski definition) is 3. The number of anilines is 1. The van der Waals surface area contributed by atoms with Crippen LogP contribution in [0.2, 0.25) is 0 Å². The zero-order valence-electron chi connectivity index (χ0n) is 12.6. The summed E-state index contributed by atoms with van der Waals surface area (Å²) < 4.78 is 0. The first-order chi connectivity index (χ1) is 9.68. The Labute approximate surface area is 121 Å². The lowest BCUT2D eigenvalue weighted by Crippen LogP contribution is -2.23. The van der Waals surface area contributed by atoms with Gasteiger partial charge in [0.05, 0.1) is 5.69 Å². The zero-order valence-corrected chi connectivity index (χ0v) is 12.6. The molecule has 1 heterocycles. The molecule has 2 N–H and O–H groups in total. The minimum Gasteiger partial charge on any atom is -0.375 e. The molecule has 0 aliphatic heterocycles. The maximum atomic E-state index is 4.21. The highest BCUT2D eigenvalue weighted by atomic mass is 15.1. The second-order valence-electron chi connectivity index (χ2n) is 5.20. The quantitative estimate of drug-likeness (QED) is 0.762. The van der Waals surface area contributed by atoms with Crippen LogP contribution in [0.5, 0.6) is 0 Å². The number of hydrogen-bond donors (Lipinski definition) is 2. The Kier molecular flexibility index (Phi) is 5.18. The molecule has 1 aromatic heterocycles. The van der Waals surface area contributed by atoms with Crippen LogP contribution in [0.3, 0.4) is 0 Å². The lowest BCUT2D eigenvalue weighted by molar-refractivity contribution is 0.643. The average molecular weight is 272 g/mol. The molecule has 0 fully saturated rings. The minimum absolute atomic E-state index is 0.892. The van der Waals surface area contributed by atoms with Gasteiger partial charge in [-0.1, -0.05) is 18.2 Å². The largest absolute Gasteiger partial charge is 0.375 e. The van der Waals surface area contributed by atoms with Gasteiger partial charge < -0.3 is 10.2 Å². The monoisotopic (exact) mass is 272 g/mol. The number of rotatable bonds is 7. The lowest BCUT2D eigenvalue weighted by atomic mass is 10.2. The van der Waals surface area contributed by atoms with E-state index in [1.807, 2.05) is 6.92 Å². The molecule has 4 heteroatoms. The SMILES string of the molecule is Cc1n[nH]c(C)c1CNCCCN(C)c1ccccc1. The van der Waals surface area contributed by atoms with E-state index in [2.05, 4.69) is 64.7 Å². The Morgan fingerprint density at radius 3 is 2.60 bits per heavy atom. The molecule has 2 rings (SSSR count). The van der Waals surface area contributed by atoms with Gasteiger partial charge in [-0.25, -0.2) is 0 Å². The summed E-state index contributed by atoms with van der Waals surface area (Å²) in [5, 5.41) is 10.7. The number of benzene rings is 1. The number of H-pyrrole nitrogens is 1. The summed E-state index contributed by atoms with van der Waals surface area (Å²) in [5.41, 5.74) is 4.82. The number of aryl methyl sites for hydroxylation is 2. The van der Waals surface area contributed by atoms with Crippen molar-refractivity contribution >= 4 is 5.69 Å². The van der Waals surface area contributed by atoms with Gasteiger partial charge in [0.1, 0.15) is 0 Å². The maximum absolute atomic E-state index is 4.21. The van der Waals surface area contributed by atoms with Crippen molar-refractivity contribution in [2.24, 2.45) is 0 Å². The molecule has 0 radical (unpaired) electrons. The average Bonchev–Trinajstić information content (AvgIpc) is 2.79. The molecule has 4 nitrogen and oxygen atoms in total. The maximum Gasteiger partial charge on any atom is 0.0638 e. The highest BCUT2D eigenvalue weighted by molar-refractivity contribution is 5.44. The van der Waals surface area contributed by atoms with Gasteiger partial charge in [0, 0.05) is 37.1 Å². The van der Waals surface area contributed by atoms with E-state index in [4.69, 9.17) is 0 Å². The summed E-state index contributed by atoms with van der Waals surface area (Å²) in [7, 11) is 2.14. The fourth-order valence-corrected chi connectivity index (χ4v) is 2.30. The standard InChI is InChI=1S/C16H24N4/c1-13-16(14(2)19-18-13)12-17-10-7-11-20(3)15-8-5-4-6-9-15/h4-6,8-9,17H,7,10-12H2,1-3H3,(H,18,19). The van der Waals surface area contributed by atoms with Crippen molar-refractivity contribution in [2.75, 3.05) is 25.0 Å². The van der Waals surface area contributed by atoms with Crippen molar-refractivity contribution in [3.05, 3.63) is 47.3 Å². The Bertz CT molecular complexity index is 499. The summed E-state index contributed by atoms with van der Waals surface area (Å²) >= 11 is 0. The summed E-state index contributed by atoms with van der Waals surface area (Å²) in [6, 6.07) is 10.5. The van der Waals surface area contributed by atoms with Crippen LogP contribution in [0.4, 0.5) is 5.69 Å². The zero-order chi connectivity index (χ0) is 14.4. The third kappa shape index (κ3) is 3.84. The second kappa shape index (κ2) is 7.10. The predicted octanol–water partition coefficient (Wildman–Crippen LogP) is 2.64. The van der Waals surface area contributed by atoms with Crippen LogP contribution in [-0.2, 0) is 6.54 Å². The molecule has 20 heavy (non-hydrogen) atoms. The van der Waals surface area contributed by atoms with Crippen LogP contribution in [0.1, 0.15) is 23.4 Å². The molecule has 0 atom stereocenters. The van der Waals surface area contributed by atoms with Gasteiger partial charge in [-0.15, -0.1) is 0 Å². The summed E-state index contributed by atoms with van der Waals surface area (Å²) in [4.78, 5) is 2.29. The normalized spacial score (nSPS) is 10.8. The molecular weight excluding hydrogens is 248 g/mol. The highest BCUT2D eigenvalue weighted by Crippen LogP contribution is 2.11. The van der Waals surface area contributed by atoms with Crippen LogP contribution in [-0.4, -0.2) is 30.3 Å². The van der Waals surface area contributed by atoms with Gasteiger partial charge in [-0.3, -0.25) is 5.10 Å². The summed E-state index contributed by atoms with van der Waals surface area (Å²) in [6.45, 7) is 7.08. The minimum atomic E-state index is 0.892. The first-order valence-corrected chi connectivity index (χ1v) is 7.16. The highest BCUT2D eigenvalue weighted by Gasteiger charge is 2.05. The van der Waals surface area contributed by atoms with E-state index >= 15 is 0 Å². The first-order valence-electron chi connectivity index (χ1n) is 7.16. The van der Waals surface area contributed by atoms with Gasteiger partial charge in [-0.05, 0) is 38.9 Å². The molecule has 0 saturated carbocycles. The molecule has 0 aliphatic rings. The van der Waals surface area contributed by atoms with Gasteiger partial charge in [0.15, 0.2) is 0 Å². The molecular formula is C16H24N4. The van der Waals surface area contributed by atoms with Crippen molar-refractivity contribution in [3.8, 4) is 0 Å². The summed E-state index contributed by atoms with van der Waals surface area (Å²) in [6.07, 6.45) is 1.13. The fraction of sp³-hybridized carbons (Fsp3) is 0.438. The van der Waals surface area contributed by atoms with Crippen molar-refractivity contribution in [2.45, 2.75) is 26.8 Å². The number of aromatic nitrogens is 2. The molecule has 2 aromatic rings. The molecule has 0 bridgehead atoms. The molecule has 0 unspecified atom stereocenters. The van der Waals surface area contributed by atoms with Gasteiger partial charge in [0.25, 0.3) is 0 Å². The topological polar surface area (TPSA) is 44.0 Å². The van der Waals surface area contributed by atoms with Gasteiger partial charge >= 0.3 is 0 Å². The fourth-order valence-electron chi connectivity index (χ4n) is 2.30. The third-order valence-electron chi connectivity index (χ3n) is 3.63. The Hall–Kier alpha value is -1.81. The van der Waals surface area contributed by atoms with E-state index < -0.39 is 0 Å². The number of nitrogens with zero attached hydrogens (tertiary/aromatic N) is 2. The van der Waals surface area contributed by atoms with E-state index in [9.17, 15) is 0 Å². The Morgan fingerprint density at radius 1 is 1.20 bits per heavy atom. The van der Waals surface area contributed by atoms with Gasteiger partial charge in [-0.2, -0.15) is 5.10 Å². The van der Waals surface area contributed by atoms with Crippen LogP contribution in [0, 0.1) is 13.8 Å². The lowest BCUT2D eigenvalue weighted by Gasteiger charge is -2.19. The van der Waals surface area contributed by atoms with Crippen molar-refractivity contribution in [3.63, 3.8) is 0 Å².